The summed E-state index contributed by atoms with van der Waals surface area (Å²) in [7, 11) is 2.97. The molecule has 0 aliphatic carbocycles. The molecule has 0 unspecified atom stereocenters. The molecule has 1 aromatic heterocycles. The van der Waals surface area contributed by atoms with Gasteiger partial charge in [0, 0.05) is 11.3 Å². The number of methoxy groups -OCH3 is 2. The number of nitrogens with zero attached hydrogens (tertiary/aromatic N) is 3. The Morgan fingerprint density at radius 2 is 1.62 bits per heavy atom. The van der Waals surface area contributed by atoms with Crippen molar-refractivity contribution in [2.75, 3.05) is 24.9 Å². The van der Waals surface area contributed by atoms with Gasteiger partial charge in [0.15, 0.2) is 6.23 Å². The lowest BCUT2D eigenvalue weighted by molar-refractivity contribution is 0.260. The number of ether oxygens (including phenoxy) is 3. The first-order valence-electron chi connectivity index (χ1n) is 7.98. The van der Waals surface area contributed by atoms with Crippen molar-refractivity contribution in [1.82, 2.24) is 15.0 Å². The van der Waals surface area contributed by atoms with Crippen molar-refractivity contribution in [3.05, 3.63) is 54.1 Å². The van der Waals surface area contributed by atoms with Crippen LogP contribution in [0, 0.1) is 0 Å². The van der Waals surface area contributed by atoms with Crippen LogP contribution in [-0.4, -0.2) is 29.2 Å². The fourth-order valence-corrected chi connectivity index (χ4v) is 2.58. The topological polar surface area (TPSA) is 90.4 Å². The molecule has 3 aromatic rings. The minimum atomic E-state index is -0.209. The van der Waals surface area contributed by atoms with Crippen molar-refractivity contribution in [3.63, 3.8) is 0 Å². The summed E-state index contributed by atoms with van der Waals surface area (Å²) >= 11 is 0. The van der Waals surface area contributed by atoms with Crippen LogP contribution in [0.5, 0.6) is 17.8 Å². The van der Waals surface area contributed by atoms with E-state index in [0.29, 0.717) is 5.95 Å². The Kier molecular flexibility index (Phi) is 4.14. The van der Waals surface area contributed by atoms with Gasteiger partial charge in [-0.15, -0.1) is 4.98 Å². The number of benzene rings is 2. The maximum absolute atomic E-state index is 5.91. The number of anilines is 3. The molecule has 4 rings (SSSR count). The van der Waals surface area contributed by atoms with Gasteiger partial charge in [0.05, 0.1) is 19.9 Å². The molecule has 2 aromatic carbocycles. The second-order valence-electron chi connectivity index (χ2n) is 5.52. The average Bonchev–Trinajstić information content (AvgIpc) is 3.12. The van der Waals surface area contributed by atoms with Crippen LogP contribution >= 0.6 is 0 Å². The summed E-state index contributed by atoms with van der Waals surface area (Å²) in [5, 5.41) is 6.45. The fourth-order valence-electron chi connectivity index (χ4n) is 2.58. The fraction of sp³-hybridized carbons (Fsp3) is 0.167. The summed E-state index contributed by atoms with van der Waals surface area (Å²) in [5.74, 6) is 1.19. The molecule has 0 saturated carbocycles. The van der Waals surface area contributed by atoms with E-state index in [1.165, 1.54) is 14.2 Å². The molecule has 8 heteroatoms. The van der Waals surface area contributed by atoms with Crippen LogP contribution in [0.4, 0.5) is 17.3 Å². The molecule has 0 spiro atoms. The Balaban J connectivity index is 1.49. The highest BCUT2D eigenvalue weighted by molar-refractivity contribution is 5.61. The Morgan fingerprint density at radius 3 is 2.27 bits per heavy atom. The normalized spacial score (nSPS) is 14.8. The van der Waals surface area contributed by atoms with E-state index in [1.807, 2.05) is 48.5 Å². The number of nitrogens with one attached hydrogen (secondary N) is 2. The first kappa shape index (κ1) is 15.9. The van der Waals surface area contributed by atoms with Gasteiger partial charge in [0.2, 0.25) is 5.95 Å². The van der Waals surface area contributed by atoms with Gasteiger partial charge in [-0.3, -0.25) is 0 Å². The minimum Gasteiger partial charge on any atom is -0.467 e. The third-order valence-electron chi connectivity index (χ3n) is 3.85. The zero-order chi connectivity index (χ0) is 17.9. The third kappa shape index (κ3) is 3.16. The molecule has 0 bridgehead atoms. The second-order valence-corrected chi connectivity index (χ2v) is 5.52. The molecular formula is C18H17N5O3. The van der Waals surface area contributed by atoms with Gasteiger partial charge in [-0.05, 0) is 24.3 Å². The van der Waals surface area contributed by atoms with Crippen molar-refractivity contribution < 1.29 is 14.2 Å². The summed E-state index contributed by atoms with van der Waals surface area (Å²) in [6, 6.07) is 16.0. The van der Waals surface area contributed by atoms with Crippen LogP contribution in [0.15, 0.2) is 48.5 Å². The highest BCUT2D eigenvalue weighted by atomic mass is 16.5. The van der Waals surface area contributed by atoms with Crippen molar-refractivity contribution in [1.29, 1.82) is 0 Å². The minimum absolute atomic E-state index is 0.178. The van der Waals surface area contributed by atoms with Gasteiger partial charge in [-0.25, -0.2) is 0 Å². The second kappa shape index (κ2) is 6.75. The quantitative estimate of drug-likeness (QED) is 0.724. The standard InChI is InChI=1S/C18H17N5O3/c1-24-17-21-16(22-18(23-17)25-2)19-12-9-7-11(8-10-12)15-20-13-5-3-4-6-14(13)26-15/h3-10,15,20H,1-2H3,(H,19,21,22,23)/t15-/m0/s1. The smallest absolute Gasteiger partial charge is 0.324 e. The van der Waals surface area contributed by atoms with Crippen molar-refractivity contribution in [2.45, 2.75) is 6.23 Å². The highest BCUT2D eigenvalue weighted by Crippen LogP contribution is 2.37. The Morgan fingerprint density at radius 1 is 0.923 bits per heavy atom. The average molecular weight is 351 g/mol. The largest absolute Gasteiger partial charge is 0.467 e. The van der Waals surface area contributed by atoms with Crippen molar-refractivity contribution in [3.8, 4) is 17.8 Å². The molecule has 1 aliphatic rings. The van der Waals surface area contributed by atoms with E-state index in [4.69, 9.17) is 14.2 Å². The van der Waals surface area contributed by atoms with Crippen molar-refractivity contribution >= 4 is 17.3 Å². The first-order chi connectivity index (χ1) is 12.7. The maximum atomic E-state index is 5.91. The number of hydrogen-bond donors (Lipinski definition) is 2. The number of aromatic nitrogens is 3. The highest BCUT2D eigenvalue weighted by Gasteiger charge is 2.22. The summed E-state index contributed by atoms with van der Waals surface area (Å²) in [5.41, 5.74) is 2.82. The first-order valence-corrected chi connectivity index (χ1v) is 7.98. The third-order valence-corrected chi connectivity index (χ3v) is 3.85. The van der Waals surface area contributed by atoms with Crippen LogP contribution < -0.4 is 24.8 Å². The van der Waals surface area contributed by atoms with E-state index in [-0.39, 0.29) is 18.2 Å². The monoisotopic (exact) mass is 351 g/mol. The molecule has 0 fully saturated rings. The van der Waals surface area contributed by atoms with Crippen LogP contribution in [0.1, 0.15) is 11.8 Å². The molecule has 0 radical (unpaired) electrons. The molecule has 2 N–H and O–H groups in total. The molecule has 0 saturated heterocycles. The lowest BCUT2D eigenvalue weighted by atomic mass is 10.2. The molecule has 132 valence electrons. The molecule has 0 amide bonds. The molecule has 1 aliphatic heterocycles. The molecule has 1 atom stereocenters. The van der Waals surface area contributed by atoms with Gasteiger partial charge in [-0.2, -0.15) is 9.97 Å². The van der Waals surface area contributed by atoms with Gasteiger partial charge >= 0.3 is 12.0 Å². The number of rotatable bonds is 5. The van der Waals surface area contributed by atoms with Crippen molar-refractivity contribution in [2.24, 2.45) is 0 Å². The van der Waals surface area contributed by atoms with Crippen LogP contribution in [-0.2, 0) is 0 Å². The predicted molar refractivity (Wildman–Crippen MR) is 96.1 cm³/mol. The van der Waals surface area contributed by atoms with E-state index >= 15 is 0 Å². The van der Waals surface area contributed by atoms with Crippen LogP contribution in [0.3, 0.4) is 0 Å². The lowest BCUT2D eigenvalue weighted by Crippen LogP contribution is -2.10. The number of para-hydroxylation sites is 2. The van der Waals surface area contributed by atoms with Gasteiger partial charge < -0.3 is 24.8 Å². The Labute approximate surface area is 150 Å². The number of hydrogen-bond acceptors (Lipinski definition) is 8. The maximum Gasteiger partial charge on any atom is 0.324 e. The molecular weight excluding hydrogens is 334 g/mol. The van der Waals surface area contributed by atoms with Gasteiger partial charge in [0.25, 0.3) is 0 Å². The van der Waals surface area contributed by atoms with E-state index < -0.39 is 0 Å². The predicted octanol–water partition coefficient (Wildman–Crippen LogP) is 3.14. The summed E-state index contributed by atoms with van der Waals surface area (Å²) in [6.07, 6.45) is -0.209. The Bertz CT molecular complexity index is 870. The Hall–Kier alpha value is -3.55. The molecule has 8 nitrogen and oxygen atoms in total. The molecule has 2 heterocycles. The zero-order valence-corrected chi connectivity index (χ0v) is 14.3. The van der Waals surface area contributed by atoms with E-state index in [1.54, 1.807) is 0 Å². The zero-order valence-electron chi connectivity index (χ0n) is 14.3. The summed E-state index contributed by atoms with van der Waals surface area (Å²) in [4.78, 5) is 12.3. The summed E-state index contributed by atoms with van der Waals surface area (Å²) < 4.78 is 16.0. The van der Waals surface area contributed by atoms with Crippen LogP contribution in [0.25, 0.3) is 0 Å². The van der Waals surface area contributed by atoms with Crippen LogP contribution in [0.2, 0.25) is 0 Å². The van der Waals surface area contributed by atoms with E-state index in [2.05, 4.69) is 25.6 Å². The van der Waals surface area contributed by atoms with Gasteiger partial charge in [-0.1, -0.05) is 24.3 Å². The van der Waals surface area contributed by atoms with E-state index in [9.17, 15) is 0 Å². The SMILES string of the molecule is COc1nc(Nc2ccc([C@H]3Nc4ccccc4O3)cc2)nc(OC)n1. The van der Waals surface area contributed by atoms with E-state index in [0.717, 1.165) is 22.7 Å². The van der Waals surface area contributed by atoms with Gasteiger partial charge in [0.1, 0.15) is 5.75 Å². The molecule has 26 heavy (non-hydrogen) atoms. The number of fused-ring (bicyclic) bond motifs is 1. The lowest BCUT2D eigenvalue weighted by Gasteiger charge is -2.13. The summed E-state index contributed by atoms with van der Waals surface area (Å²) in [6.45, 7) is 0.